The van der Waals surface area contributed by atoms with Gasteiger partial charge in [-0.25, -0.2) is 0 Å². The van der Waals surface area contributed by atoms with Crippen LogP contribution in [0.4, 0.5) is 0 Å². The van der Waals surface area contributed by atoms with E-state index in [4.69, 9.17) is 4.74 Å². The molecule has 0 aliphatic rings. The van der Waals surface area contributed by atoms with Crippen LogP contribution in [0.1, 0.15) is 37.7 Å². The zero-order chi connectivity index (χ0) is 14.8. The Labute approximate surface area is 119 Å². The number of fused-ring (bicyclic) bond motifs is 1. The Balaban J connectivity index is 2.11. The summed E-state index contributed by atoms with van der Waals surface area (Å²) in [5.74, 6) is 0.694. The molecule has 1 aromatic carbocycles. The van der Waals surface area contributed by atoms with Gasteiger partial charge >= 0.3 is 0 Å². The van der Waals surface area contributed by atoms with Crippen molar-refractivity contribution in [3.8, 4) is 5.75 Å². The third kappa shape index (κ3) is 3.32. The number of benzene rings is 1. The van der Waals surface area contributed by atoms with E-state index in [0.29, 0.717) is 12.2 Å². The van der Waals surface area contributed by atoms with E-state index in [9.17, 15) is 4.79 Å². The van der Waals surface area contributed by atoms with Crippen molar-refractivity contribution in [2.75, 3.05) is 13.7 Å². The number of amides is 1. The van der Waals surface area contributed by atoms with Gasteiger partial charge in [0.15, 0.2) is 0 Å². The molecule has 4 heteroatoms. The second kappa shape index (κ2) is 5.57. The average Bonchev–Trinajstić information content (AvgIpc) is 2.80. The van der Waals surface area contributed by atoms with E-state index < -0.39 is 0 Å². The predicted molar refractivity (Wildman–Crippen MR) is 81.3 cm³/mol. The molecular formula is C16H22N2O2. The Morgan fingerprint density at radius 2 is 2.10 bits per heavy atom. The van der Waals surface area contributed by atoms with Crippen LogP contribution in [0.15, 0.2) is 24.3 Å². The molecule has 1 aromatic heterocycles. The van der Waals surface area contributed by atoms with Gasteiger partial charge in [0.05, 0.1) is 7.11 Å². The van der Waals surface area contributed by atoms with Gasteiger partial charge in [-0.2, -0.15) is 0 Å². The molecule has 0 spiro atoms. The molecule has 0 fully saturated rings. The number of nitrogens with one attached hydrogen (secondary N) is 2. The Morgan fingerprint density at radius 1 is 1.35 bits per heavy atom. The summed E-state index contributed by atoms with van der Waals surface area (Å²) in [6, 6.07) is 7.56. The number of H-pyrrole nitrogens is 1. The monoisotopic (exact) mass is 274 g/mol. The van der Waals surface area contributed by atoms with Gasteiger partial charge in [-0.05, 0) is 30.0 Å². The topological polar surface area (TPSA) is 54.1 Å². The quantitative estimate of drug-likeness (QED) is 0.898. The molecule has 0 aliphatic heterocycles. The number of aromatic amines is 1. The lowest BCUT2D eigenvalue weighted by Crippen LogP contribution is -2.27. The standard InChI is InChI=1S/C16H22N2O2/c1-16(2,3)8-9-17-15(19)13-10-11-12(18-13)6-5-7-14(11)20-4/h5-7,10,18H,8-9H2,1-4H3,(H,17,19). The van der Waals surface area contributed by atoms with E-state index >= 15 is 0 Å². The highest BCUT2D eigenvalue weighted by atomic mass is 16.5. The van der Waals surface area contributed by atoms with Gasteiger partial charge in [0.25, 0.3) is 5.91 Å². The van der Waals surface area contributed by atoms with E-state index in [2.05, 4.69) is 31.1 Å². The first-order valence-corrected chi connectivity index (χ1v) is 6.84. The van der Waals surface area contributed by atoms with E-state index in [-0.39, 0.29) is 11.3 Å². The summed E-state index contributed by atoms with van der Waals surface area (Å²) in [4.78, 5) is 15.2. The molecule has 0 radical (unpaired) electrons. The van der Waals surface area contributed by atoms with Crippen LogP contribution >= 0.6 is 0 Å². The van der Waals surface area contributed by atoms with Crippen LogP contribution < -0.4 is 10.1 Å². The summed E-state index contributed by atoms with van der Waals surface area (Å²) >= 11 is 0. The summed E-state index contributed by atoms with van der Waals surface area (Å²) in [5, 5.41) is 3.87. The molecule has 0 saturated heterocycles. The van der Waals surface area contributed by atoms with E-state index in [0.717, 1.165) is 23.1 Å². The number of methoxy groups -OCH3 is 1. The summed E-state index contributed by atoms with van der Waals surface area (Å²) in [6.45, 7) is 7.15. The van der Waals surface area contributed by atoms with Gasteiger partial charge in [0.2, 0.25) is 0 Å². The molecule has 0 aliphatic carbocycles. The number of carbonyl (C=O) groups is 1. The molecule has 4 nitrogen and oxygen atoms in total. The molecule has 0 bridgehead atoms. The van der Waals surface area contributed by atoms with Crippen molar-refractivity contribution < 1.29 is 9.53 Å². The van der Waals surface area contributed by atoms with E-state index in [1.807, 2.05) is 24.3 Å². The van der Waals surface area contributed by atoms with Gasteiger partial charge in [-0.1, -0.05) is 26.8 Å². The number of hydrogen-bond donors (Lipinski definition) is 2. The lowest BCUT2D eigenvalue weighted by atomic mass is 9.92. The minimum atomic E-state index is -0.0764. The van der Waals surface area contributed by atoms with Crippen molar-refractivity contribution in [3.63, 3.8) is 0 Å². The zero-order valence-electron chi connectivity index (χ0n) is 12.5. The number of rotatable bonds is 4. The maximum Gasteiger partial charge on any atom is 0.267 e. The largest absolute Gasteiger partial charge is 0.496 e. The van der Waals surface area contributed by atoms with Crippen LogP contribution in [0.3, 0.4) is 0 Å². The van der Waals surface area contributed by atoms with Crippen molar-refractivity contribution in [2.24, 2.45) is 5.41 Å². The summed E-state index contributed by atoms with van der Waals surface area (Å²) in [6.07, 6.45) is 0.947. The van der Waals surface area contributed by atoms with Gasteiger partial charge < -0.3 is 15.0 Å². The Hall–Kier alpha value is -1.97. The minimum absolute atomic E-state index is 0.0764. The second-order valence-electron chi connectivity index (χ2n) is 6.17. The fourth-order valence-corrected chi connectivity index (χ4v) is 2.07. The number of aromatic nitrogens is 1. The molecule has 1 amide bonds. The maximum absolute atomic E-state index is 12.1. The zero-order valence-corrected chi connectivity index (χ0v) is 12.5. The fourth-order valence-electron chi connectivity index (χ4n) is 2.07. The third-order valence-corrected chi connectivity index (χ3v) is 3.25. The SMILES string of the molecule is COc1cccc2[nH]c(C(=O)NCCC(C)(C)C)cc12. The molecule has 2 N–H and O–H groups in total. The number of ether oxygens (including phenoxy) is 1. The van der Waals surface area contributed by atoms with Crippen LogP contribution in [-0.2, 0) is 0 Å². The molecule has 0 saturated carbocycles. The lowest BCUT2D eigenvalue weighted by Gasteiger charge is -2.17. The Bertz CT molecular complexity index is 608. The van der Waals surface area contributed by atoms with Crippen LogP contribution in [0, 0.1) is 5.41 Å². The Morgan fingerprint density at radius 3 is 2.75 bits per heavy atom. The van der Waals surface area contributed by atoms with Crippen molar-refractivity contribution in [2.45, 2.75) is 27.2 Å². The summed E-state index contributed by atoms with van der Waals surface area (Å²) in [7, 11) is 1.63. The predicted octanol–water partition coefficient (Wildman–Crippen LogP) is 3.34. The highest BCUT2D eigenvalue weighted by molar-refractivity contribution is 5.99. The first kappa shape index (κ1) is 14.4. The molecule has 1 heterocycles. The molecular weight excluding hydrogens is 252 g/mol. The van der Waals surface area contributed by atoms with Crippen molar-refractivity contribution in [3.05, 3.63) is 30.0 Å². The van der Waals surface area contributed by atoms with Gasteiger partial charge in [0.1, 0.15) is 11.4 Å². The van der Waals surface area contributed by atoms with Crippen molar-refractivity contribution >= 4 is 16.8 Å². The van der Waals surface area contributed by atoms with Crippen LogP contribution in [-0.4, -0.2) is 24.5 Å². The van der Waals surface area contributed by atoms with E-state index in [1.54, 1.807) is 7.11 Å². The lowest BCUT2D eigenvalue weighted by molar-refractivity contribution is 0.0945. The normalized spacial score (nSPS) is 11.6. The summed E-state index contributed by atoms with van der Waals surface area (Å²) < 4.78 is 5.29. The first-order chi connectivity index (χ1) is 9.40. The molecule has 20 heavy (non-hydrogen) atoms. The minimum Gasteiger partial charge on any atom is -0.496 e. The van der Waals surface area contributed by atoms with Gasteiger partial charge in [-0.3, -0.25) is 4.79 Å². The Kier molecular flexibility index (Phi) is 4.02. The van der Waals surface area contributed by atoms with E-state index in [1.165, 1.54) is 0 Å². The highest BCUT2D eigenvalue weighted by Crippen LogP contribution is 2.26. The molecule has 0 atom stereocenters. The van der Waals surface area contributed by atoms with Crippen LogP contribution in [0.2, 0.25) is 0 Å². The number of hydrogen-bond acceptors (Lipinski definition) is 2. The maximum atomic E-state index is 12.1. The second-order valence-corrected chi connectivity index (χ2v) is 6.17. The molecule has 0 unspecified atom stereocenters. The number of carbonyl (C=O) groups excluding carboxylic acids is 1. The molecule has 2 aromatic rings. The highest BCUT2D eigenvalue weighted by Gasteiger charge is 2.14. The van der Waals surface area contributed by atoms with Crippen LogP contribution in [0.5, 0.6) is 5.75 Å². The smallest absolute Gasteiger partial charge is 0.267 e. The summed E-state index contributed by atoms with van der Waals surface area (Å²) in [5.41, 5.74) is 1.69. The van der Waals surface area contributed by atoms with Crippen LogP contribution in [0.25, 0.3) is 10.9 Å². The fraction of sp³-hybridized carbons (Fsp3) is 0.438. The molecule has 2 rings (SSSR count). The van der Waals surface area contributed by atoms with Gasteiger partial charge in [0, 0.05) is 17.4 Å². The average molecular weight is 274 g/mol. The van der Waals surface area contributed by atoms with Crippen molar-refractivity contribution in [1.29, 1.82) is 0 Å². The third-order valence-electron chi connectivity index (χ3n) is 3.25. The first-order valence-electron chi connectivity index (χ1n) is 6.84. The van der Waals surface area contributed by atoms with Crippen molar-refractivity contribution in [1.82, 2.24) is 10.3 Å². The van der Waals surface area contributed by atoms with Gasteiger partial charge in [-0.15, -0.1) is 0 Å². The molecule has 108 valence electrons.